The quantitative estimate of drug-likeness (QED) is 0.676. The van der Waals surface area contributed by atoms with Gasteiger partial charge in [-0.1, -0.05) is 27.7 Å². The molecule has 0 saturated heterocycles. The van der Waals surface area contributed by atoms with Crippen molar-refractivity contribution in [2.24, 2.45) is 10.8 Å². The average Bonchev–Trinajstić information content (AvgIpc) is 1.73. The van der Waals surface area contributed by atoms with E-state index in [1.54, 1.807) is 0 Å². The molecule has 0 aliphatic heterocycles. The summed E-state index contributed by atoms with van der Waals surface area (Å²) in [5, 5.41) is -0.680. The van der Waals surface area contributed by atoms with E-state index in [0.29, 0.717) is 12.8 Å². The van der Waals surface area contributed by atoms with Gasteiger partial charge in [0.05, 0.1) is 0 Å². The molecule has 0 amide bonds. The molecule has 0 rings (SSSR count). The van der Waals surface area contributed by atoms with Crippen LogP contribution in [0.5, 0.6) is 0 Å². The van der Waals surface area contributed by atoms with Crippen LogP contribution in [0, 0.1) is 10.8 Å². The molecule has 15 heavy (non-hydrogen) atoms. The van der Waals surface area contributed by atoms with Crippen molar-refractivity contribution in [2.75, 3.05) is 0 Å². The van der Waals surface area contributed by atoms with E-state index < -0.39 is 0 Å². The molecule has 0 aliphatic carbocycles. The molecule has 0 heterocycles. The van der Waals surface area contributed by atoms with E-state index in [4.69, 9.17) is 23.2 Å². The molecule has 0 fully saturated rings. The Morgan fingerprint density at radius 3 is 1.33 bits per heavy atom. The van der Waals surface area contributed by atoms with Gasteiger partial charge in [-0.2, -0.15) is 0 Å². The van der Waals surface area contributed by atoms with Crippen LogP contribution in [-0.2, 0) is 9.59 Å². The first-order valence-corrected chi connectivity index (χ1v) is 5.66. The zero-order valence-corrected chi connectivity index (χ0v) is 11.2. The van der Waals surface area contributed by atoms with Gasteiger partial charge in [-0.3, -0.25) is 9.59 Å². The van der Waals surface area contributed by atoms with E-state index >= 15 is 0 Å². The van der Waals surface area contributed by atoms with E-state index in [1.807, 2.05) is 27.7 Å². The number of hydrogen-bond acceptors (Lipinski definition) is 2. The van der Waals surface area contributed by atoms with Crippen LogP contribution in [0.2, 0.25) is 0 Å². The Balaban J connectivity index is 4.42. The Morgan fingerprint density at radius 2 is 1.13 bits per heavy atom. The molecule has 0 bridgehead atoms. The molecule has 0 N–H and O–H groups in total. The lowest BCUT2D eigenvalue weighted by molar-refractivity contribution is -0.114. The molecule has 0 aromatic rings. The smallest absolute Gasteiger partial charge is 0.222 e. The minimum atomic E-state index is -0.340. The van der Waals surface area contributed by atoms with E-state index in [2.05, 4.69) is 0 Å². The van der Waals surface area contributed by atoms with Crippen molar-refractivity contribution in [1.29, 1.82) is 0 Å². The number of halogens is 2. The number of carbonyl (C=O) groups excluding carboxylic acids is 2. The van der Waals surface area contributed by atoms with Crippen LogP contribution in [0.25, 0.3) is 0 Å². The highest BCUT2D eigenvalue weighted by molar-refractivity contribution is 6.63. The highest BCUT2D eigenvalue weighted by Crippen LogP contribution is 2.39. The van der Waals surface area contributed by atoms with Gasteiger partial charge in [0.15, 0.2) is 0 Å². The number of carbonyl (C=O) groups is 2. The van der Waals surface area contributed by atoms with Crippen molar-refractivity contribution in [3.63, 3.8) is 0 Å². The lowest BCUT2D eigenvalue weighted by atomic mass is 9.72. The standard InChI is InChI=1S/C11H18Cl2O2/c1-10(2,5-8(12)14)7-11(3,4)6-9(13)15/h5-7H2,1-4H3. The summed E-state index contributed by atoms with van der Waals surface area (Å²) in [5.41, 5.74) is -0.399. The molecule has 0 aromatic heterocycles. The lowest BCUT2D eigenvalue weighted by Crippen LogP contribution is -2.26. The van der Waals surface area contributed by atoms with Crippen molar-refractivity contribution >= 4 is 33.7 Å². The molecule has 0 aliphatic rings. The van der Waals surface area contributed by atoms with Gasteiger partial charge >= 0.3 is 0 Å². The second-order valence-corrected chi connectivity index (χ2v) is 6.41. The summed E-state index contributed by atoms with van der Waals surface area (Å²) < 4.78 is 0. The van der Waals surface area contributed by atoms with Crippen LogP contribution >= 0.6 is 23.2 Å². The Kier molecular flexibility index (Phi) is 5.28. The Morgan fingerprint density at radius 1 is 0.867 bits per heavy atom. The van der Waals surface area contributed by atoms with Crippen molar-refractivity contribution in [1.82, 2.24) is 0 Å². The van der Waals surface area contributed by atoms with Gasteiger partial charge in [-0.15, -0.1) is 0 Å². The predicted octanol–water partition coefficient (Wildman–Crippen LogP) is 3.74. The Labute approximate surface area is 101 Å². The Bertz CT molecular complexity index is 231. The molecule has 4 heteroatoms. The van der Waals surface area contributed by atoms with Gasteiger partial charge in [0.1, 0.15) is 0 Å². The summed E-state index contributed by atoms with van der Waals surface area (Å²) >= 11 is 10.7. The first kappa shape index (κ1) is 14.9. The average molecular weight is 253 g/mol. The van der Waals surface area contributed by atoms with Gasteiger partial charge in [0.25, 0.3) is 0 Å². The summed E-state index contributed by atoms with van der Waals surface area (Å²) in [7, 11) is 0. The third-order valence-electron chi connectivity index (χ3n) is 2.19. The molecular formula is C11H18Cl2O2. The fraction of sp³-hybridized carbons (Fsp3) is 0.818. The predicted molar refractivity (Wildman–Crippen MR) is 63.1 cm³/mol. The molecule has 0 spiro atoms. The third-order valence-corrected chi connectivity index (χ3v) is 2.46. The maximum absolute atomic E-state index is 10.8. The number of rotatable bonds is 6. The van der Waals surface area contributed by atoms with E-state index in [9.17, 15) is 9.59 Å². The van der Waals surface area contributed by atoms with Crippen LogP contribution in [-0.4, -0.2) is 10.5 Å². The SMILES string of the molecule is CC(C)(CC(=O)Cl)CC(C)(C)CC(=O)Cl. The fourth-order valence-electron chi connectivity index (χ4n) is 2.17. The largest absolute Gasteiger partial charge is 0.281 e. The fourth-order valence-corrected chi connectivity index (χ4v) is 2.90. The molecule has 0 unspecified atom stereocenters. The van der Waals surface area contributed by atoms with Crippen molar-refractivity contribution in [3.05, 3.63) is 0 Å². The van der Waals surface area contributed by atoms with Gasteiger partial charge in [0.2, 0.25) is 10.5 Å². The Hall–Kier alpha value is -0.0800. The van der Waals surface area contributed by atoms with Crippen LogP contribution in [0.1, 0.15) is 47.0 Å². The summed E-state index contributed by atoms with van der Waals surface area (Å²) in [5.74, 6) is 0. The molecule has 2 nitrogen and oxygen atoms in total. The van der Waals surface area contributed by atoms with Crippen LogP contribution in [0.4, 0.5) is 0 Å². The van der Waals surface area contributed by atoms with Gasteiger partial charge in [-0.05, 0) is 40.5 Å². The minimum Gasteiger partial charge on any atom is -0.281 e. The zero-order chi connectivity index (χ0) is 12.3. The van der Waals surface area contributed by atoms with Crippen LogP contribution in [0.3, 0.4) is 0 Å². The maximum Gasteiger partial charge on any atom is 0.222 e. The lowest BCUT2D eigenvalue weighted by Gasteiger charge is -2.33. The topological polar surface area (TPSA) is 34.1 Å². The van der Waals surface area contributed by atoms with Crippen LogP contribution < -0.4 is 0 Å². The van der Waals surface area contributed by atoms with Crippen LogP contribution in [0.15, 0.2) is 0 Å². The van der Waals surface area contributed by atoms with Gasteiger partial charge < -0.3 is 0 Å². The summed E-state index contributed by atoms with van der Waals surface area (Å²) in [6.45, 7) is 7.86. The van der Waals surface area contributed by atoms with E-state index in [1.165, 1.54) is 0 Å². The van der Waals surface area contributed by atoms with E-state index in [-0.39, 0.29) is 21.3 Å². The minimum absolute atomic E-state index is 0.200. The summed E-state index contributed by atoms with van der Waals surface area (Å²) in [4.78, 5) is 21.7. The monoisotopic (exact) mass is 252 g/mol. The second-order valence-electron chi connectivity index (χ2n) is 5.57. The number of hydrogen-bond donors (Lipinski definition) is 0. The molecule has 0 radical (unpaired) electrons. The zero-order valence-electron chi connectivity index (χ0n) is 9.69. The summed E-state index contributed by atoms with van der Waals surface area (Å²) in [6, 6.07) is 0. The van der Waals surface area contributed by atoms with Crippen molar-refractivity contribution < 1.29 is 9.59 Å². The van der Waals surface area contributed by atoms with Gasteiger partial charge in [-0.25, -0.2) is 0 Å². The molecule has 88 valence electrons. The highest BCUT2D eigenvalue weighted by Gasteiger charge is 2.31. The van der Waals surface area contributed by atoms with E-state index in [0.717, 1.165) is 6.42 Å². The summed E-state index contributed by atoms with van der Waals surface area (Å²) in [6.07, 6.45) is 1.36. The molecule has 0 atom stereocenters. The molecule has 0 aromatic carbocycles. The maximum atomic E-state index is 10.8. The van der Waals surface area contributed by atoms with Crippen molar-refractivity contribution in [3.8, 4) is 0 Å². The first-order chi connectivity index (χ1) is 6.54. The third kappa shape index (κ3) is 7.80. The normalized spacial score (nSPS) is 12.7. The second kappa shape index (κ2) is 5.31. The molecule has 0 saturated carbocycles. The molecular weight excluding hydrogens is 235 g/mol. The first-order valence-electron chi connectivity index (χ1n) is 4.91. The van der Waals surface area contributed by atoms with Gasteiger partial charge in [0, 0.05) is 12.8 Å². The highest BCUT2D eigenvalue weighted by atomic mass is 35.5. The van der Waals surface area contributed by atoms with Crippen molar-refractivity contribution in [2.45, 2.75) is 47.0 Å².